The molecule has 0 amide bonds. The average Bonchev–Trinajstić information content (AvgIpc) is 3.39. The first-order valence-electron chi connectivity index (χ1n) is 14.2. The molecule has 0 aliphatic heterocycles. The molecule has 0 spiro atoms. The minimum atomic E-state index is 0.751. The number of benzene rings is 7. The molecule has 200 valence electrons. The van der Waals surface area contributed by atoms with Crippen LogP contribution in [0.5, 0.6) is 23.0 Å². The summed E-state index contributed by atoms with van der Waals surface area (Å²) in [4.78, 5) is 0. The van der Waals surface area contributed by atoms with Gasteiger partial charge in [0.2, 0.25) is 0 Å². The Morgan fingerprint density at radius 3 is 1.36 bits per heavy atom. The SMILES string of the molecule is Cc1c(Oc2ccccc2)cc(-n2c3ccc4ccccc4c3c3c4ccccc4ccc32)cc1Oc1ccccc1. The van der Waals surface area contributed by atoms with E-state index in [0.29, 0.717) is 0 Å². The van der Waals surface area contributed by atoms with Gasteiger partial charge >= 0.3 is 0 Å². The van der Waals surface area contributed by atoms with Crippen molar-refractivity contribution < 1.29 is 9.47 Å². The Morgan fingerprint density at radius 2 is 0.881 bits per heavy atom. The Hall–Kier alpha value is -5.54. The van der Waals surface area contributed by atoms with Crippen LogP contribution in [-0.4, -0.2) is 4.57 Å². The number of ether oxygens (including phenoxy) is 2. The first-order valence-corrected chi connectivity index (χ1v) is 14.2. The van der Waals surface area contributed by atoms with Gasteiger partial charge in [0, 0.05) is 28.5 Å². The molecular weight excluding hydrogens is 514 g/mol. The van der Waals surface area contributed by atoms with Crippen LogP contribution in [0, 0.1) is 6.92 Å². The van der Waals surface area contributed by atoms with Crippen LogP contribution in [0.3, 0.4) is 0 Å². The van der Waals surface area contributed by atoms with Crippen LogP contribution in [0.4, 0.5) is 0 Å². The van der Waals surface area contributed by atoms with Crippen molar-refractivity contribution in [2.75, 3.05) is 0 Å². The molecule has 0 bridgehead atoms. The minimum absolute atomic E-state index is 0.751. The van der Waals surface area contributed by atoms with Crippen LogP contribution >= 0.6 is 0 Å². The molecule has 8 rings (SSSR count). The third-order valence-corrected chi connectivity index (χ3v) is 8.04. The fraction of sp³-hybridized carbons (Fsp3) is 0.0256. The molecule has 0 fully saturated rings. The van der Waals surface area contributed by atoms with E-state index in [9.17, 15) is 0 Å². The summed E-state index contributed by atoms with van der Waals surface area (Å²) >= 11 is 0. The van der Waals surface area contributed by atoms with Crippen molar-refractivity contribution in [2.24, 2.45) is 0 Å². The summed E-state index contributed by atoms with van der Waals surface area (Å²) < 4.78 is 15.3. The quantitative estimate of drug-likeness (QED) is 0.216. The molecule has 0 saturated carbocycles. The van der Waals surface area contributed by atoms with E-state index in [1.54, 1.807) is 0 Å². The number of fused-ring (bicyclic) bond motifs is 7. The van der Waals surface area contributed by atoms with Gasteiger partial charge in [-0.3, -0.25) is 0 Å². The van der Waals surface area contributed by atoms with E-state index in [2.05, 4.69) is 89.5 Å². The number of aromatic nitrogens is 1. The molecule has 0 saturated heterocycles. The zero-order chi connectivity index (χ0) is 28.0. The van der Waals surface area contributed by atoms with Crippen molar-refractivity contribution in [1.29, 1.82) is 0 Å². The predicted molar refractivity (Wildman–Crippen MR) is 174 cm³/mol. The normalized spacial score (nSPS) is 11.5. The lowest BCUT2D eigenvalue weighted by atomic mass is 10.00. The van der Waals surface area contributed by atoms with Crippen LogP contribution < -0.4 is 9.47 Å². The van der Waals surface area contributed by atoms with E-state index >= 15 is 0 Å². The van der Waals surface area contributed by atoms with Gasteiger partial charge in [0.25, 0.3) is 0 Å². The number of hydrogen-bond acceptors (Lipinski definition) is 2. The predicted octanol–water partition coefficient (Wildman–Crippen LogP) is 11.0. The van der Waals surface area contributed by atoms with Crippen LogP contribution in [0.1, 0.15) is 5.56 Å². The van der Waals surface area contributed by atoms with Crippen molar-refractivity contribution in [3.8, 4) is 28.7 Å². The lowest BCUT2D eigenvalue weighted by molar-refractivity contribution is 0.453. The van der Waals surface area contributed by atoms with E-state index in [4.69, 9.17) is 9.47 Å². The van der Waals surface area contributed by atoms with E-state index in [-0.39, 0.29) is 0 Å². The highest BCUT2D eigenvalue weighted by atomic mass is 16.5. The van der Waals surface area contributed by atoms with Crippen LogP contribution in [-0.2, 0) is 0 Å². The highest BCUT2D eigenvalue weighted by Crippen LogP contribution is 2.43. The summed E-state index contributed by atoms with van der Waals surface area (Å²) in [6.45, 7) is 2.05. The molecule has 3 nitrogen and oxygen atoms in total. The fourth-order valence-corrected chi connectivity index (χ4v) is 6.05. The Balaban J connectivity index is 1.46. The van der Waals surface area contributed by atoms with Crippen molar-refractivity contribution >= 4 is 43.4 Å². The summed E-state index contributed by atoms with van der Waals surface area (Å²) in [5, 5.41) is 7.42. The Bertz CT molecular complexity index is 2090. The monoisotopic (exact) mass is 541 g/mol. The zero-order valence-corrected chi connectivity index (χ0v) is 23.1. The van der Waals surface area contributed by atoms with Gasteiger partial charge in [-0.15, -0.1) is 0 Å². The highest BCUT2D eigenvalue weighted by molar-refractivity contribution is 6.28. The Kier molecular flexibility index (Phi) is 5.68. The lowest BCUT2D eigenvalue weighted by Crippen LogP contribution is -1.99. The maximum Gasteiger partial charge on any atom is 0.136 e. The van der Waals surface area contributed by atoms with Gasteiger partial charge in [-0.1, -0.05) is 97.1 Å². The Labute approximate surface area is 243 Å². The molecule has 7 aromatic carbocycles. The summed E-state index contributed by atoms with van der Waals surface area (Å²) in [6, 6.07) is 50.3. The minimum Gasteiger partial charge on any atom is -0.457 e. The van der Waals surface area contributed by atoms with Crippen molar-refractivity contribution in [3.63, 3.8) is 0 Å². The third-order valence-electron chi connectivity index (χ3n) is 8.04. The molecular formula is C39H27NO2. The topological polar surface area (TPSA) is 23.4 Å². The number of hydrogen-bond donors (Lipinski definition) is 0. The number of nitrogens with zero attached hydrogens (tertiary/aromatic N) is 1. The molecule has 0 radical (unpaired) electrons. The lowest BCUT2D eigenvalue weighted by Gasteiger charge is -2.17. The third kappa shape index (κ3) is 3.98. The molecule has 0 aliphatic rings. The van der Waals surface area contributed by atoms with E-state index in [0.717, 1.165) is 45.3 Å². The van der Waals surface area contributed by atoms with Gasteiger partial charge in [-0.2, -0.15) is 0 Å². The first kappa shape index (κ1) is 24.3. The largest absolute Gasteiger partial charge is 0.457 e. The zero-order valence-electron chi connectivity index (χ0n) is 23.1. The van der Waals surface area contributed by atoms with Crippen LogP contribution in [0.15, 0.2) is 146 Å². The van der Waals surface area contributed by atoms with Gasteiger partial charge in [0.1, 0.15) is 23.0 Å². The molecule has 42 heavy (non-hydrogen) atoms. The molecule has 0 N–H and O–H groups in total. The second-order valence-electron chi connectivity index (χ2n) is 10.6. The maximum atomic E-state index is 6.50. The van der Waals surface area contributed by atoms with Gasteiger partial charge < -0.3 is 14.0 Å². The van der Waals surface area contributed by atoms with Gasteiger partial charge in [0.05, 0.1) is 16.7 Å². The molecule has 0 unspecified atom stereocenters. The van der Waals surface area contributed by atoms with Gasteiger partial charge in [0.15, 0.2) is 0 Å². The molecule has 8 aromatic rings. The molecule has 3 heteroatoms. The van der Waals surface area contributed by atoms with Crippen molar-refractivity contribution in [1.82, 2.24) is 4.57 Å². The average molecular weight is 542 g/mol. The summed E-state index contributed by atoms with van der Waals surface area (Å²) in [5.41, 5.74) is 4.19. The summed E-state index contributed by atoms with van der Waals surface area (Å²) in [7, 11) is 0. The van der Waals surface area contributed by atoms with Gasteiger partial charge in [-0.25, -0.2) is 0 Å². The van der Waals surface area contributed by atoms with Crippen molar-refractivity contribution in [2.45, 2.75) is 6.92 Å². The van der Waals surface area contributed by atoms with E-state index < -0.39 is 0 Å². The fourth-order valence-electron chi connectivity index (χ4n) is 6.05. The second-order valence-corrected chi connectivity index (χ2v) is 10.6. The molecule has 1 aromatic heterocycles. The smallest absolute Gasteiger partial charge is 0.136 e. The van der Waals surface area contributed by atoms with Gasteiger partial charge in [-0.05, 0) is 64.9 Å². The summed E-state index contributed by atoms with van der Waals surface area (Å²) in [6.07, 6.45) is 0. The van der Waals surface area contributed by atoms with Crippen LogP contribution in [0.25, 0.3) is 49.0 Å². The van der Waals surface area contributed by atoms with E-state index in [1.807, 2.05) is 67.6 Å². The molecule has 0 aliphatic carbocycles. The van der Waals surface area contributed by atoms with Crippen molar-refractivity contribution in [3.05, 3.63) is 151 Å². The standard InChI is InChI=1S/C39H27NO2/c1-26-36(41-30-14-4-2-5-15-30)24-29(25-37(26)42-31-16-6-3-7-17-31)40-34-22-20-27-12-8-10-18-32(27)38(34)39-33-19-11-9-13-28(33)21-23-35(39)40/h2-25H,1H3. The maximum absolute atomic E-state index is 6.50. The van der Waals surface area contributed by atoms with Crippen LogP contribution in [0.2, 0.25) is 0 Å². The first-order chi connectivity index (χ1) is 20.7. The molecule has 1 heterocycles. The highest BCUT2D eigenvalue weighted by Gasteiger charge is 2.20. The number of para-hydroxylation sites is 2. The Morgan fingerprint density at radius 1 is 0.452 bits per heavy atom. The number of rotatable bonds is 5. The molecule has 0 atom stereocenters. The second kappa shape index (κ2) is 9.83. The van der Waals surface area contributed by atoms with E-state index in [1.165, 1.54) is 32.3 Å². The summed E-state index contributed by atoms with van der Waals surface area (Å²) in [5.74, 6) is 3.06.